The summed E-state index contributed by atoms with van der Waals surface area (Å²) in [6.45, 7) is 2.03. The van der Waals surface area contributed by atoms with Crippen LogP contribution in [-0.2, 0) is 20.7 Å². The van der Waals surface area contributed by atoms with E-state index in [2.05, 4.69) is 26.6 Å². The third-order valence-corrected chi connectivity index (χ3v) is 8.10. The number of fused-ring (bicyclic) bond motifs is 1. The van der Waals surface area contributed by atoms with Gasteiger partial charge in [0.15, 0.2) is 0 Å². The monoisotopic (exact) mass is 482 g/mol. The van der Waals surface area contributed by atoms with E-state index in [1.807, 2.05) is 31.2 Å². The van der Waals surface area contributed by atoms with Crippen LogP contribution in [-0.4, -0.2) is 28.7 Å². The summed E-state index contributed by atoms with van der Waals surface area (Å²) >= 11 is 3.64. The molecule has 0 spiro atoms. The summed E-state index contributed by atoms with van der Waals surface area (Å²) in [5.41, 5.74) is 2.62. The van der Waals surface area contributed by atoms with Gasteiger partial charge in [0.1, 0.15) is 6.10 Å². The minimum Gasteiger partial charge on any atom is -0.461 e. The first kappa shape index (κ1) is 20.2. The zero-order valence-corrected chi connectivity index (χ0v) is 18.6. The summed E-state index contributed by atoms with van der Waals surface area (Å²) in [4.78, 5) is 38.6. The number of hydrogen-bond donors (Lipinski definition) is 2. The first-order chi connectivity index (χ1) is 15.0. The summed E-state index contributed by atoms with van der Waals surface area (Å²) in [7, 11) is 0. The van der Waals surface area contributed by atoms with Gasteiger partial charge in [-0.05, 0) is 42.5 Å². The number of carbonyl (C=O) groups is 3. The van der Waals surface area contributed by atoms with Gasteiger partial charge >= 0.3 is 5.97 Å². The summed E-state index contributed by atoms with van der Waals surface area (Å²) in [5.74, 6) is -1.47. The van der Waals surface area contributed by atoms with E-state index in [1.54, 1.807) is 24.3 Å². The van der Waals surface area contributed by atoms with Crippen molar-refractivity contribution in [1.82, 2.24) is 0 Å². The summed E-state index contributed by atoms with van der Waals surface area (Å²) in [5, 5.41) is 5.88. The van der Waals surface area contributed by atoms with Crippen LogP contribution in [0.4, 0.5) is 11.4 Å². The lowest BCUT2D eigenvalue weighted by molar-refractivity contribution is -0.145. The van der Waals surface area contributed by atoms with Crippen molar-refractivity contribution >= 4 is 45.1 Å². The number of para-hydroxylation sites is 2. The van der Waals surface area contributed by atoms with Crippen molar-refractivity contribution in [3.05, 3.63) is 59.7 Å². The van der Waals surface area contributed by atoms with Crippen molar-refractivity contribution in [2.75, 3.05) is 10.6 Å². The molecule has 1 heterocycles. The number of ether oxygens (including phenoxy) is 1. The maximum Gasteiger partial charge on any atom is 0.310 e. The fourth-order valence-electron chi connectivity index (χ4n) is 5.48. The largest absolute Gasteiger partial charge is 0.461 e. The fraction of sp³-hybridized carbons (Fsp3) is 0.375. The second-order valence-electron chi connectivity index (χ2n) is 8.46. The number of amides is 2. The second kappa shape index (κ2) is 7.79. The third kappa shape index (κ3) is 3.26. The van der Waals surface area contributed by atoms with Crippen molar-refractivity contribution in [2.45, 2.75) is 30.7 Å². The smallest absolute Gasteiger partial charge is 0.310 e. The molecule has 5 rings (SSSR count). The van der Waals surface area contributed by atoms with Crippen molar-refractivity contribution in [3.63, 3.8) is 0 Å². The van der Waals surface area contributed by atoms with Gasteiger partial charge in [0.2, 0.25) is 5.91 Å². The number of alkyl halides is 1. The molecule has 31 heavy (non-hydrogen) atoms. The van der Waals surface area contributed by atoms with E-state index in [-0.39, 0.29) is 46.5 Å². The number of nitrogens with one attached hydrogen (secondary N) is 2. The van der Waals surface area contributed by atoms with E-state index in [1.165, 1.54) is 0 Å². The Hall–Kier alpha value is -2.67. The summed E-state index contributed by atoms with van der Waals surface area (Å²) in [6, 6.07) is 14.6. The molecule has 6 nitrogen and oxygen atoms in total. The molecule has 0 radical (unpaired) electrons. The third-order valence-electron chi connectivity index (χ3n) is 6.90. The Balaban J connectivity index is 1.37. The lowest BCUT2D eigenvalue weighted by Crippen LogP contribution is -2.40. The zero-order valence-electron chi connectivity index (χ0n) is 17.0. The average Bonchev–Trinajstić information content (AvgIpc) is 3.38. The number of carbonyl (C=O) groups excluding carboxylic acids is 3. The molecule has 0 aromatic heterocycles. The van der Waals surface area contributed by atoms with Crippen LogP contribution in [0.2, 0.25) is 0 Å². The molecule has 2 aliphatic carbocycles. The molecule has 2 bridgehead atoms. The van der Waals surface area contributed by atoms with Crippen LogP contribution >= 0.6 is 15.9 Å². The first-order valence-electron chi connectivity index (χ1n) is 10.6. The molecule has 7 heteroatoms. The van der Waals surface area contributed by atoms with E-state index in [4.69, 9.17) is 4.74 Å². The zero-order chi connectivity index (χ0) is 21.7. The number of anilines is 2. The van der Waals surface area contributed by atoms with Crippen LogP contribution in [0, 0.1) is 23.7 Å². The van der Waals surface area contributed by atoms with Crippen LogP contribution in [0.25, 0.3) is 0 Å². The van der Waals surface area contributed by atoms with Crippen molar-refractivity contribution in [2.24, 2.45) is 23.7 Å². The first-order valence-corrected chi connectivity index (χ1v) is 11.5. The predicted octanol–water partition coefficient (Wildman–Crippen LogP) is 4.01. The number of aryl methyl sites for hydroxylation is 1. The van der Waals surface area contributed by atoms with E-state index in [0.29, 0.717) is 11.3 Å². The molecular formula is C24H23BrN2O4. The standard InChI is InChI=1S/C24H23BrN2O4/c1-2-12-7-3-5-9-16(12)26-22(28)13-8-4-6-10-17(13)27-23(29)18-14-11-15-19(18)24(30)31-21(15)20(14)25/h3-10,14-15,18-21H,2,11H2,1H3,(H,26,28)(H,27,29)/t14-,15-,18-,19-,20-,21+/m1/s1. The maximum absolute atomic E-state index is 13.2. The molecule has 2 saturated carbocycles. The maximum atomic E-state index is 13.2. The van der Waals surface area contributed by atoms with Crippen molar-refractivity contribution < 1.29 is 19.1 Å². The molecule has 2 aromatic carbocycles. The van der Waals surface area contributed by atoms with Crippen LogP contribution in [0.15, 0.2) is 48.5 Å². The van der Waals surface area contributed by atoms with E-state index in [0.717, 1.165) is 24.1 Å². The lowest BCUT2D eigenvalue weighted by atomic mass is 9.79. The Morgan fingerprint density at radius 3 is 2.52 bits per heavy atom. The Kier molecular flexibility index (Phi) is 5.08. The number of esters is 1. The number of rotatable bonds is 5. The topological polar surface area (TPSA) is 84.5 Å². The molecule has 2 amide bonds. The highest BCUT2D eigenvalue weighted by Crippen LogP contribution is 2.60. The molecule has 1 saturated heterocycles. The second-order valence-corrected chi connectivity index (χ2v) is 9.52. The summed E-state index contributed by atoms with van der Waals surface area (Å²) < 4.78 is 5.50. The summed E-state index contributed by atoms with van der Waals surface area (Å²) in [6.07, 6.45) is 1.49. The average molecular weight is 483 g/mol. The number of halogens is 1. The lowest BCUT2D eigenvalue weighted by Gasteiger charge is -2.27. The Morgan fingerprint density at radius 1 is 1.03 bits per heavy atom. The minimum atomic E-state index is -0.447. The molecule has 2 N–H and O–H groups in total. The van der Waals surface area contributed by atoms with Gasteiger partial charge in [-0.1, -0.05) is 53.2 Å². The van der Waals surface area contributed by atoms with Gasteiger partial charge in [0.25, 0.3) is 5.91 Å². The number of benzene rings is 2. The van der Waals surface area contributed by atoms with Gasteiger partial charge < -0.3 is 15.4 Å². The Bertz CT molecular complexity index is 1070. The van der Waals surface area contributed by atoms with Crippen molar-refractivity contribution in [3.8, 4) is 0 Å². The predicted molar refractivity (Wildman–Crippen MR) is 120 cm³/mol. The molecule has 2 aromatic rings. The normalized spacial score (nSPS) is 30.2. The van der Waals surface area contributed by atoms with Crippen LogP contribution < -0.4 is 10.6 Å². The number of hydrogen-bond acceptors (Lipinski definition) is 4. The van der Waals surface area contributed by atoms with Gasteiger partial charge in [0, 0.05) is 11.6 Å². The molecule has 3 fully saturated rings. The SMILES string of the molecule is CCc1ccccc1NC(=O)c1ccccc1NC(=O)[C@@H]1[C@H]2C[C@H]3[C@H](OC(=O)[C@H]31)[C@@H]2Br. The fourth-order valence-corrected chi connectivity index (χ4v) is 6.52. The minimum absolute atomic E-state index is 0.0000350. The highest BCUT2D eigenvalue weighted by molar-refractivity contribution is 9.09. The van der Waals surface area contributed by atoms with Gasteiger partial charge in [-0.15, -0.1) is 0 Å². The highest BCUT2D eigenvalue weighted by atomic mass is 79.9. The van der Waals surface area contributed by atoms with Crippen LogP contribution in [0.5, 0.6) is 0 Å². The quantitative estimate of drug-likeness (QED) is 0.497. The Labute approximate surface area is 188 Å². The van der Waals surface area contributed by atoms with Crippen LogP contribution in [0.1, 0.15) is 29.3 Å². The highest BCUT2D eigenvalue weighted by Gasteiger charge is 2.67. The van der Waals surface area contributed by atoms with Gasteiger partial charge in [0.05, 0.1) is 27.9 Å². The molecule has 1 aliphatic heterocycles. The molecule has 160 valence electrons. The molecule has 6 atom stereocenters. The van der Waals surface area contributed by atoms with Gasteiger partial charge in [-0.3, -0.25) is 14.4 Å². The van der Waals surface area contributed by atoms with E-state index in [9.17, 15) is 14.4 Å². The van der Waals surface area contributed by atoms with Gasteiger partial charge in [-0.2, -0.15) is 0 Å². The van der Waals surface area contributed by atoms with E-state index < -0.39 is 5.92 Å². The van der Waals surface area contributed by atoms with Crippen LogP contribution in [0.3, 0.4) is 0 Å². The Morgan fingerprint density at radius 2 is 1.74 bits per heavy atom. The molecular weight excluding hydrogens is 460 g/mol. The van der Waals surface area contributed by atoms with Crippen molar-refractivity contribution in [1.29, 1.82) is 0 Å². The van der Waals surface area contributed by atoms with Gasteiger partial charge in [-0.25, -0.2) is 0 Å². The van der Waals surface area contributed by atoms with E-state index >= 15 is 0 Å². The molecule has 3 aliphatic rings. The molecule has 0 unspecified atom stereocenters.